The van der Waals surface area contributed by atoms with Crippen LogP contribution < -0.4 is 10.2 Å². The number of halogens is 1. The van der Waals surface area contributed by atoms with Gasteiger partial charge in [-0.1, -0.05) is 0 Å². The molecule has 5 heterocycles. The van der Waals surface area contributed by atoms with E-state index in [0.29, 0.717) is 6.04 Å². The third-order valence-electron chi connectivity index (χ3n) is 6.97. The van der Waals surface area contributed by atoms with Crippen molar-refractivity contribution in [2.45, 2.75) is 64.3 Å². The van der Waals surface area contributed by atoms with E-state index in [1.54, 1.807) is 0 Å². The van der Waals surface area contributed by atoms with Gasteiger partial charge in [0.1, 0.15) is 11.4 Å². The molecule has 0 atom stereocenters. The predicted octanol–water partition coefficient (Wildman–Crippen LogP) is 3.99. The molecule has 6 rings (SSSR count). The fourth-order valence-electron chi connectivity index (χ4n) is 5.18. The highest BCUT2D eigenvalue weighted by Gasteiger charge is 2.22. The van der Waals surface area contributed by atoms with Gasteiger partial charge in [-0.05, 0) is 58.3 Å². The monoisotopic (exact) mass is 469 g/mol. The number of hydrogen-bond acceptors (Lipinski definition) is 7. The Hall–Kier alpha value is -2.45. The summed E-state index contributed by atoms with van der Waals surface area (Å²) in [7, 11) is 0. The number of imidazole rings is 1. The lowest BCUT2D eigenvalue weighted by molar-refractivity contribution is 0.0904. The van der Waals surface area contributed by atoms with Crippen molar-refractivity contribution in [2.75, 3.05) is 36.5 Å². The molecule has 176 valence electrons. The highest BCUT2D eigenvalue weighted by molar-refractivity contribution is 5.85. The SMILES string of the molecule is Cc1nc2c(nc1-c1cn3nc(N4CCCC4)cc(NC4CCOCC4)c3n1)CCCC2.Cl. The van der Waals surface area contributed by atoms with E-state index in [2.05, 4.69) is 16.3 Å². The van der Waals surface area contributed by atoms with Crippen LogP contribution in [0.5, 0.6) is 0 Å². The summed E-state index contributed by atoms with van der Waals surface area (Å²) < 4.78 is 7.49. The van der Waals surface area contributed by atoms with Crippen LogP contribution in [-0.2, 0) is 17.6 Å². The summed E-state index contributed by atoms with van der Waals surface area (Å²) in [6, 6.07) is 2.57. The van der Waals surface area contributed by atoms with E-state index in [1.807, 2.05) is 17.6 Å². The number of anilines is 2. The smallest absolute Gasteiger partial charge is 0.177 e. The Morgan fingerprint density at radius 1 is 0.970 bits per heavy atom. The van der Waals surface area contributed by atoms with Crippen LogP contribution in [0.2, 0.25) is 0 Å². The van der Waals surface area contributed by atoms with Gasteiger partial charge in [-0.15, -0.1) is 17.5 Å². The van der Waals surface area contributed by atoms with Crippen molar-refractivity contribution in [3.05, 3.63) is 29.3 Å². The lowest BCUT2D eigenvalue weighted by Crippen LogP contribution is -2.28. The lowest BCUT2D eigenvalue weighted by Gasteiger charge is -2.25. The summed E-state index contributed by atoms with van der Waals surface area (Å²) >= 11 is 0. The van der Waals surface area contributed by atoms with Crippen LogP contribution in [0.1, 0.15) is 55.6 Å². The van der Waals surface area contributed by atoms with E-state index in [0.717, 1.165) is 97.6 Å². The molecule has 0 radical (unpaired) electrons. The van der Waals surface area contributed by atoms with Crippen molar-refractivity contribution in [1.29, 1.82) is 0 Å². The van der Waals surface area contributed by atoms with Gasteiger partial charge in [0.2, 0.25) is 0 Å². The number of aromatic nitrogens is 5. The second kappa shape index (κ2) is 9.43. The highest BCUT2D eigenvalue weighted by atomic mass is 35.5. The van der Waals surface area contributed by atoms with Crippen molar-refractivity contribution in [3.8, 4) is 11.4 Å². The van der Waals surface area contributed by atoms with E-state index in [4.69, 9.17) is 24.8 Å². The number of hydrogen-bond donors (Lipinski definition) is 1. The molecule has 0 amide bonds. The molecular formula is C24H32ClN7O. The molecule has 2 fully saturated rings. The van der Waals surface area contributed by atoms with Gasteiger partial charge in [0.15, 0.2) is 11.5 Å². The molecule has 3 aromatic rings. The number of nitrogens with zero attached hydrogens (tertiary/aromatic N) is 6. The minimum absolute atomic E-state index is 0. The van der Waals surface area contributed by atoms with E-state index in [1.165, 1.54) is 25.7 Å². The van der Waals surface area contributed by atoms with Crippen molar-refractivity contribution in [2.24, 2.45) is 0 Å². The summed E-state index contributed by atoms with van der Waals surface area (Å²) in [5.74, 6) is 1.02. The van der Waals surface area contributed by atoms with Gasteiger partial charge >= 0.3 is 0 Å². The summed E-state index contributed by atoms with van der Waals surface area (Å²) in [6.07, 6.45) is 10.9. The second-order valence-corrected chi connectivity index (χ2v) is 9.29. The molecule has 1 N–H and O–H groups in total. The zero-order valence-corrected chi connectivity index (χ0v) is 20.0. The minimum Gasteiger partial charge on any atom is -0.381 e. The van der Waals surface area contributed by atoms with Crippen LogP contribution in [-0.4, -0.2) is 56.9 Å². The Morgan fingerprint density at radius 2 is 1.70 bits per heavy atom. The average Bonchev–Trinajstić information content (AvgIpc) is 3.49. The van der Waals surface area contributed by atoms with E-state index >= 15 is 0 Å². The summed E-state index contributed by atoms with van der Waals surface area (Å²) in [5, 5.41) is 8.69. The first kappa shape index (κ1) is 22.3. The van der Waals surface area contributed by atoms with Crippen molar-refractivity contribution in [1.82, 2.24) is 24.6 Å². The first-order chi connectivity index (χ1) is 15.7. The summed E-state index contributed by atoms with van der Waals surface area (Å²) in [4.78, 5) is 17.3. The summed E-state index contributed by atoms with van der Waals surface area (Å²) in [6.45, 7) is 5.78. The van der Waals surface area contributed by atoms with Gasteiger partial charge in [-0.2, -0.15) is 0 Å². The number of rotatable bonds is 4. The first-order valence-electron chi connectivity index (χ1n) is 12.1. The molecule has 8 nitrogen and oxygen atoms in total. The Morgan fingerprint density at radius 3 is 2.45 bits per heavy atom. The Bertz CT molecular complexity index is 1140. The highest BCUT2D eigenvalue weighted by Crippen LogP contribution is 2.30. The Balaban J connectivity index is 0.00000228. The van der Waals surface area contributed by atoms with Crippen LogP contribution >= 0.6 is 12.4 Å². The standard InChI is InChI=1S/C24H31N7O.ClH/c1-16-23(27-19-7-3-2-6-18(19)25-16)21-15-31-24(28-21)20(26-17-8-12-32-13-9-17)14-22(29-31)30-10-4-5-11-30;/h14-15,17,26H,2-13H2,1H3;1H. The zero-order valence-electron chi connectivity index (χ0n) is 19.2. The molecule has 33 heavy (non-hydrogen) atoms. The molecule has 0 spiro atoms. The van der Waals surface area contributed by atoms with E-state index in [9.17, 15) is 0 Å². The van der Waals surface area contributed by atoms with Crippen LogP contribution in [0.25, 0.3) is 17.0 Å². The molecule has 2 aliphatic heterocycles. The Kier molecular flexibility index (Phi) is 6.38. The summed E-state index contributed by atoms with van der Waals surface area (Å²) in [5.41, 5.74) is 6.89. The molecule has 2 saturated heterocycles. The number of ether oxygens (including phenoxy) is 1. The van der Waals surface area contributed by atoms with Crippen molar-refractivity contribution >= 4 is 29.6 Å². The topological polar surface area (TPSA) is 80.5 Å². The van der Waals surface area contributed by atoms with E-state index < -0.39 is 0 Å². The maximum Gasteiger partial charge on any atom is 0.177 e. The lowest BCUT2D eigenvalue weighted by atomic mass is 10.00. The van der Waals surface area contributed by atoms with Crippen LogP contribution in [0, 0.1) is 6.92 Å². The molecule has 3 aromatic heterocycles. The van der Waals surface area contributed by atoms with E-state index in [-0.39, 0.29) is 12.4 Å². The van der Waals surface area contributed by atoms with Gasteiger partial charge in [-0.25, -0.2) is 14.5 Å². The van der Waals surface area contributed by atoms with Gasteiger partial charge in [-0.3, -0.25) is 4.98 Å². The molecule has 9 heteroatoms. The zero-order chi connectivity index (χ0) is 21.5. The van der Waals surface area contributed by atoms with Crippen molar-refractivity contribution in [3.63, 3.8) is 0 Å². The third kappa shape index (κ3) is 4.38. The molecular weight excluding hydrogens is 438 g/mol. The third-order valence-corrected chi connectivity index (χ3v) is 6.97. The van der Waals surface area contributed by atoms with Crippen LogP contribution in [0.4, 0.5) is 11.5 Å². The fraction of sp³-hybridized carbons (Fsp3) is 0.583. The predicted molar refractivity (Wildman–Crippen MR) is 132 cm³/mol. The number of fused-ring (bicyclic) bond motifs is 2. The molecule has 1 aliphatic carbocycles. The first-order valence-corrected chi connectivity index (χ1v) is 12.1. The van der Waals surface area contributed by atoms with Crippen molar-refractivity contribution < 1.29 is 4.74 Å². The minimum atomic E-state index is 0. The van der Waals surface area contributed by atoms with Gasteiger partial charge < -0.3 is 15.0 Å². The molecule has 3 aliphatic rings. The maximum absolute atomic E-state index is 5.55. The van der Waals surface area contributed by atoms with Gasteiger partial charge in [0.25, 0.3) is 0 Å². The molecule has 0 saturated carbocycles. The Labute approximate surface area is 200 Å². The largest absolute Gasteiger partial charge is 0.381 e. The van der Waals surface area contributed by atoms with Crippen LogP contribution in [0.3, 0.4) is 0 Å². The number of nitrogens with one attached hydrogen (secondary N) is 1. The van der Waals surface area contributed by atoms with Gasteiger partial charge in [0, 0.05) is 38.4 Å². The van der Waals surface area contributed by atoms with Crippen LogP contribution in [0.15, 0.2) is 12.3 Å². The molecule has 0 bridgehead atoms. The fourth-order valence-corrected chi connectivity index (χ4v) is 5.18. The average molecular weight is 470 g/mol. The normalized spacial score (nSPS) is 18.9. The van der Waals surface area contributed by atoms with Gasteiger partial charge in [0.05, 0.1) is 29.0 Å². The quantitative estimate of drug-likeness (QED) is 0.618. The molecule has 0 unspecified atom stereocenters. The maximum atomic E-state index is 5.55. The second-order valence-electron chi connectivity index (χ2n) is 9.29. The number of aryl methyl sites for hydroxylation is 3. The molecule has 0 aromatic carbocycles.